The van der Waals surface area contributed by atoms with Crippen LogP contribution in [-0.4, -0.2) is 24.3 Å². The lowest BCUT2D eigenvalue weighted by molar-refractivity contribution is -0.112. The summed E-state index contributed by atoms with van der Waals surface area (Å²) in [4.78, 5) is 13.1. The molecule has 1 aromatic rings. The molecule has 0 spiro atoms. The number of aldehydes is 1. The first-order chi connectivity index (χ1) is 8.29. The summed E-state index contributed by atoms with van der Waals surface area (Å²) in [7, 11) is 0. The Morgan fingerprint density at radius 1 is 1.24 bits per heavy atom. The van der Waals surface area contributed by atoms with Crippen molar-refractivity contribution in [2.24, 2.45) is 5.92 Å². The number of piperidine rings is 1. The molecule has 0 radical (unpaired) electrons. The quantitative estimate of drug-likeness (QED) is 0.743. The van der Waals surface area contributed by atoms with E-state index in [1.807, 2.05) is 6.07 Å². The monoisotopic (exact) mass is 229 g/mol. The van der Waals surface area contributed by atoms with Crippen LogP contribution >= 0.6 is 0 Å². The van der Waals surface area contributed by atoms with Gasteiger partial charge >= 0.3 is 0 Å². The van der Waals surface area contributed by atoms with Gasteiger partial charge in [-0.1, -0.05) is 30.3 Å². The van der Waals surface area contributed by atoms with Gasteiger partial charge in [0, 0.05) is 24.7 Å². The molecular weight excluding hydrogens is 210 g/mol. The average Bonchev–Trinajstić information content (AvgIpc) is 2.40. The first-order valence-corrected chi connectivity index (χ1v) is 6.23. The molecule has 0 saturated carbocycles. The Morgan fingerprint density at radius 3 is 2.47 bits per heavy atom. The van der Waals surface area contributed by atoms with Crippen molar-refractivity contribution in [1.82, 2.24) is 4.90 Å². The van der Waals surface area contributed by atoms with Gasteiger partial charge in [-0.3, -0.25) is 0 Å². The fraction of sp³-hybridized carbons (Fsp3) is 0.400. The smallest absolute Gasteiger partial charge is 0.123 e. The topological polar surface area (TPSA) is 20.3 Å². The Labute approximate surface area is 103 Å². The fourth-order valence-electron chi connectivity index (χ4n) is 2.27. The van der Waals surface area contributed by atoms with Crippen molar-refractivity contribution in [3.05, 3.63) is 41.6 Å². The molecule has 0 bridgehead atoms. The summed E-state index contributed by atoms with van der Waals surface area (Å²) in [5.74, 6) is 0.274. The molecule has 0 N–H and O–H groups in total. The molecule has 90 valence electrons. The van der Waals surface area contributed by atoms with Gasteiger partial charge in [0.1, 0.15) is 6.29 Å². The van der Waals surface area contributed by atoms with Gasteiger partial charge in [-0.05, 0) is 31.4 Å². The van der Waals surface area contributed by atoms with Crippen LogP contribution in [0.4, 0.5) is 0 Å². The maximum absolute atomic E-state index is 10.7. The van der Waals surface area contributed by atoms with Gasteiger partial charge in [0.15, 0.2) is 0 Å². The predicted octanol–water partition coefficient (Wildman–Crippen LogP) is 2.96. The molecule has 0 amide bonds. The second kappa shape index (κ2) is 5.67. The van der Waals surface area contributed by atoms with E-state index in [4.69, 9.17) is 0 Å². The third-order valence-corrected chi connectivity index (χ3v) is 3.41. The molecule has 1 heterocycles. The number of rotatable bonds is 3. The van der Waals surface area contributed by atoms with Crippen molar-refractivity contribution < 1.29 is 4.79 Å². The number of allylic oxidation sites excluding steroid dienone is 1. The van der Waals surface area contributed by atoms with Gasteiger partial charge in [-0.2, -0.15) is 0 Å². The van der Waals surface area contributed by atoms with E-state index >= 15 is 0 Å². The number of hydrogen-bond acceptors (Lipinski definition) is 2. The third-order valence-electron chi connectivity index (χ3n) is 3.41. The normalized spacial score (nSPS) is 18.2. The van der Waals surface area contributed by atoms with Crippen molar-refractivity contribution in [2.75, 3.05) is 13.1 Å². The second-order valence-corrected chi connectivity index (χ2v) is 4.66. The minimum absolute atomic E-state index is 0.274. The van der Waals surface area contributed by atoms with Crippen molar-refractivity contribution in [2.45, 2.75) is 19.8 Å². The number of benzene rings is 1. The summed E-state index contributed by atoms with van der Waals surface area (Å²) in [6.45, 7) is 4.14. The Morgan fingerprint density at radius 2 is 1.88 bits per heavy atom. The molecule has 0 unspecified atom stereocenters. The summed E-state index contributed by atoms with van der Waals surface area (Å²) in [5.41, 5.74) is 2.53. The highest BCUT2D eigenvalue weighted by Crippen LogP contribution is 2.20. The van der Waals surface area contributed by atoms with Gasteiger partial charge < -0.3 is 9.69 Å². The Hall–Kier alpha value is -1.57. The van der Waals surface area contributed by atoms with Crippen LogP contribution in [0.25, 0.3) is 6.08 Å². The molecule has 2 nitrogen and oxygen atoms in total. The van der Waals surface area contributed by atoms with Crippen LogP contribution in [0.3, 0.4) is 0 Å². The van der Waals surface area contributed by atoms with Gasteiger partial charge in [0.05, 0.1) is 0 Å². The summed E-state index contributed by atoms with van der Waals surface area (Å²) < 4.78 is 0. The maximum atomic E-state index is 10.7. The van der Waals surface area contributed by atoms with Gasteiger partial charge in [-0.25, -0.2) is 0 Å². The van der Waals surface area contributed by atoms with Crippen LogP contribution < -0.4 is 0 Å². The molecule has 1 aliphatic rings. The van der Waals surface area contributed by atoms with Gasteiger partial charge in [0.25, 0.3) is 0 Å². The first kappa shape index (κ1) is 11.9. The van der Waals surface area contributed by atoms with Crippen LogP contribution in [0, 0.1) is 5.92 Å². The van der Waals surface area contributed by atoms with E-state index in [1.165, 1.54) is 11.3 Å². The molecule has 1 saturated heterocycles. The zero-order chi connectivity index (χ0) is 12.1. The number of carbonyl (C=O) groups is 1. The van der Waals surface area contributed by atoms with Crippen molar-refractivity contribution >= 4 is 12.4 Å². The summed E-state index contributed by atoms with van der Waals surface area (Å²) in [6.07, 6.45) is 5.29. The minimum atomic E-state index is 0.274. The fourth-order valence-corrected chi connectivity index (χ4v) is 2.27. The predicted molar refractivity (Wildman–Crippen MR) is 70.5 cm³/mol. The van der Waals surface area contributed by atoms with Crippen LogP contribution in [0.5, 0.6) is 0 Å². The van der Waals surface area contributed by atoms with Gasteiger partial charge in [-0.15, -0.1) is 0 Å². The van der Waals surface area contributed by atoms with E-state index in [2.05, 4.69) is 42.2 Å². The standard InChI is InChI=1S/C15H19NO/c1-13(11-14-5-3-2-4-6-14)16-9-7-15(12-17)8-10-16/h2-6,11-12,15H,7-10H2,1H3/b13-11-. The number of carbonyl (C=O) groups excluding carboxylic acids is 1. The highest BCUT2D eigenvalue weighted by Gasteiger charge is 2.18. The summed E-state index contributed by atoms with van der Waals surface area (Å²) >= 11 is 0. The third kappa shape index (κ3) is 3.19. The molecule has 1 fully saturated rings. The first-order valence-electron chi connectivity index (χ1n) is 6.23. The highest BCUT2D eigenvalue weighted by atomic mass is 16.1. The Balaban J connectivity index is 1.99. The van der Waals surface area contributed by atoms with Crippen molar-refractivity contribution in [1.29, 1.82) is 0 Å². The number of hydrogen-bond donors (Lipinski definition) is 0. The van der Waals surface area contributed by atoms with E-state index in [1.54, 1.807) is 0 Å². The maximum Gasteiger partial charge on any atom is 0.123 e. The second-order valence-electron chi connectivity index (χ2n) is 4.66. The lowest BCUT2D eigenvalue weighted by atomic mass is 9.98. The van der Waals surface area contributed by atoms with Crippen molar-refractivity contribution in [3.8, 4) is 0 Å². The van der Waals surface area contributed by atoms with E-state index in [-0.39, 0.29) is 5.92 Å². The van der Waals surface area contributed by atoms with Gasteiger partial charge in [0.2, 0.25) is 0 Å². The van der Waals surface area contributed by atoms with Crippen LogP contribution in [0.15, 0.2) is 36.0 Å². The molecule has 1 aromatic carbocycles. The van der Waals surface area contributed by atoms with Crippen LogP contribution in [0.1, 0.15) is 25.3 Å². The summed E-state index contributed by atoms with van der Waals surface area (Å²) in [5, 5.41) is 0. The highest BCUT2D eigenvalue weighted by molar-refractivity contribution is 5.54. The van der Waals surface area contributed by atoms with Crippen LogP contribution in [-0.2, 0) is 4.79 Å². The Kier molecular flexibility index (Phi) is 3.97. The molecular formula is C15H19NO. The van der Waals surface area contributed by atoms with E-state index < -0.39 is 0 Å². The zero-order valence-electron chi connectivity index (χ0n) is 10.3. The average molecular weight is 229 g/mol. The number of likely N-dealkylation sites (tertiary alicyclic amines) is 1. The van der Waals surface area contributed by atoms with Crippen molar-refractivity contribution in [3.63, 3.8) is 0 Å². The largest absolute Gasteiger partial charge is 0.375 e. The molecule has 2 heteroatoms. The Bertz CT molecular complexity index is 389. The number of nitrogens with zero attached hydrogens (tertiary/aromatic N) is 1. The minimum Gasteiger partial charge on any atom is -0.375 e. The molecule has 1 aliphatic heterocycles. The lowest BCUT2D eigenvalue weighted by Crippen LogP contribution is -2.32. The molecule has 17 heavy (non-hydrogen) atoms. The molecule has 2 rings (SSSR count). The summed E-state index contributed by atoms with van der Waals surface area (Å²) in [6, 6.07) is 10.4. The molecule has 0 aromatic heterocycles. The van der Waals surface area contributed by atoms with E-state index in [0.29, 0.717) is 0 Å². The van der Waals surface area contributed by atoms with E-state index in [0.717, 1.165) is 32.2 Å². The zero-order valence-corrected chi connectivity index (χ0v) is 10.3. The van der Waals surface area contributed by atoms with E-state index in [9.17, 15) is 4.79 Å². The van der Waals surface area contributed by atoms with Crippen LogP contribution in [0.2, 0.25) is 0 Å². The molecule has 0 atom stereocenters. The molecule has 0 aliphatic carbocycles. The SMILES string of the molecule is C/C(=C/c1ccccc1)N1CCC(C=O)CC1. The lowest BCUT2D eigenvalue weighted by Gasteiger charge is -2.32.